The molecule has 1 aliphatic carbocycles. The molecule has 0 spiro atoms. The highest BCUT2D eigenvalue weighted by Gasteiger charge is 2.26. The third-order valence-electron chi connectivity index (χ3n) is 3.27. The Hall–Kier alpha value is -0.180. The standard InChI is InChI=1S/C12H22N2S/c1-9-4-5-10(6-9)14-11-13-7-12(2,3)8-15-11/h9-10H,4-8H2,1-3H3,(H,13,14). The zero-order valence-corrected chi connectivity index (χ0v) is 10.9. The fourth-order valence-corrected chi connectivity index (χ4v) is 3.27. The summed E-state index contributed by atoms with van der Waals surface area (Å²) in [6.45, 7) is 7.90. The molecule has 1 heterocycles. The van der Waals surface area contributed by atoms with E-state index >= 15 is 0 Å². The van der Waals surface area contributed by atoms with Gasteiger partial charge in [0, 0.05) is 18.3 Å². The molecule has 0 aromatic carbocycles. The average Bonchev–Trinajstić information content (AvgIpc) is 2.55. The highest BCUT2D eigenvalue weighted by molar-refractivity contribution is 8.13. The first-order valence-corrected chi connectivity index (χ1v) is 6.97. The van der Waals surface area contributed by atoms with Crippen molar-refractivity contribution in [2.24, 2.45) is 16.3 Å². The lowest BCUT2D eigenvalue weighted by molar-refractivity contribution is 0.435. The Labute approximate surface area is 97.3 Å². The molecule has 2 rings (SSSR count). The normalized spacial score (nSPS) is 35.0. The van der Waals surface area contributed by atoms with Crippen LogP contribution in [-0.4, -0.2) is 23.5 Å². The first-order valence-electron chi connectivity index (χ1n) is 5.99. The van der Waals surface area contributed by atoms with E-state index in [1.54, 1.807) is 0 Å². The van der Waals surface area contributed by atoms with Crippen molar-refractivity contribution in [1.29, 1.82) is 0 Å². The fourth-order valence-electron chi connectivity index (χ4n) is 2.24. The van der Waals surface area contributed by atoms with E-state index in [2.05, 4.69) is 31.1 Å². The van der Waals surface area contributed by atoms with Crippen molar-refractivity contribution in [1.82, 2.24) is 5.32 Å². The van der Waals surface area contributed by atoms with Crippen molar-refractivity contribution >= 4 is 16.9 Å². The maximum absolute atomic E-state index is 4.64. The molecule has 0 aromatic rings. The summed E-state index contributed by atoms with van der Waals surface area (Å²) < 4.78 is 0. The van der Waals surface area contributed by atoms with E-state index in [0.29, 0.717) is 11.5 Å². The van der Waals surface area contributed by atoms with Crippen molar-refractivity contribution in [3.05, 3.63) is 0 Å². The Morgan fingerprint density at radius 1 is 1.40 bits per heavy atom. The van der Waals surface area contributed by atoms with Gasteiger partial charge in [0.15, 0.2) is 5.17 Å². The summed E-state index contributed by atoms with van der Waals surface area (Å²) in [6, 6.07) is 0.687. The maximum atomic E-state index is 4.64. The van der Waals surface area contributed by atoms with E-state index in [1.165, 1.54) is 30.2 Å². The van der Waals surface area contributed by atoms with Gasteiger partial charge in [-0.15, -0.1) is 0 Å². The number of nitrogens with zero attached hydrogens (tertiary/aromatic N) is 1. The van der Waals surface area contributed by atoms with Gasteiger partial charge in [0.1, 0.15) is 0 Å². The van der Waals surface area contributed by atoms with Crippen molar-refractivity contribution in [2.75, 3.05) is 12.3 Å². The molecule has 86 valence electrons. The van der Waals surface area contributed by atoms with Crippen molar-refractivity contribution in [3.63, 3.8) is 0 Å². The molecule has 2 atom stereocenters. The monoisotopic (exact) mass is 226 g/mol. The van der Waals surface area contributed by atoms with Gasteiger partial charge in [-0.2, -0.15) is 0 Å². The molecule has 15 heavy (non-hydrogen) atoms. The molecule has 2 aliphatic rings. The summed E-state index contributed by atoms with van der Waals surface area (Å²) >= 11 is 1.90. The van der Waals surface area contributed by atoms with Crippen LogP contribution < -0.4 is 5.32 Å². The molecule has 1 saturated carbocycles. The second-order valence-electron chi connectivity index (χ2n) is 5.83. The molecule has 1 N–H and O–H groups in total. The Bertz CT molecular complexity index is 260. The van der Waals surface area contributed by atoms with E-state index in [1.807, 2.05) is 11.8 Å². The van der Waals surface area contributed by atoms with Crippen molar-refractivity contribution in [3.8, 4) is 0 Å². The highest BCUT2D eigenvalue weighted by atomic mass is 32.2. The average molecular weight is 226 g/mol. The summed E-state index contributed by atoms with van der Waals surface area (Å²) in [7, 11) is 0. The number of thioether (sulfide) groups is 1. The second-order valence-corrected chi connectivity index (χ2v) is 6.80. The van der Waals surface area contributed by atoms with Crippen LogP contribution in [0.1, 0.15) is 40.0 Å². The van der Waals surface area contributed by atoms with Crippen LogP contribution in [0.3, 0.4) is 0 Å². The van der Waals surface area contributed by atoms with Crippen LogP contribution in [0, 0.1) is 11.3 Å². The van der Waals surface area contributed by atoms with Crippen molar-refractivity contribution < 1.29 is 0 Å². The molecular formula is C12H22N2S. The fraction of sp³-hybridized carbons (Fsp3) is 0.917. The third-order valence-corrected chi connectivity index (χ3v) is 4.72. The number of rotatable bonds is 1. The first-order chi connectivity index (χ1) is 7.05. The van der Waals surface area contributed by atoms with Crippen LogP contribution in [0.5, 0.6) is 0 Å². The Morgan fingerprint density at radius 2 is 2.20 bits per heavy atom. The minimum Gasteiger partial charge on any atom is -0.362 e. The van der Waals surface area contributed by atoms with Crippen molar-refractivity contribution in [2.45, 2.75) is 46.1 Å². The van der Waals surface area contributed by atoms with E-state index in [9.17, 15) is 0 Å². The molecule has 0 saturated heterocycles. The van der Waals surface area contributed by atoms with Gasteiger partial charge in [-0.3, -0.25) is 4.99 Å². The molecule has 0 radical (unpaired) electrons. The van der Waals surface area contributed by atoms with E-state index in [-0.39, 0.29) is 0 Å². The SMILES string of the molecule is CC1CCC(NC2=NCC(C)(C)CS2)C1. The summed E-state index contributed by atoms with van der Waals surface area (Å²) in [6.07, 6.45) is 4.02. The lowest BCUT2D eigenvalue weighted by Gasteiger charge is -2.28. The quantitative estimate of drug-likeness (QED) is 0.743. The van der Waals surface area contributed by atoms with Gasteiger partial charge in [0.2, 0.25) is 0 Å². The van der Waals surface area contributed by atoms with Crippen LogP contribution >= 0.6 is 11.8 Å². The predicted octanol–water partition coefficient (Wildman–Crippen LogP) is 2.89. The van der Waals surface area contributed by atoms with Crippen LogP contribution in [0.15, 0.2) is 4.99 Å². The van der Waals surface area contributed by atoms with Gasteiger partial charge in [0.25, 0.3) is 0 Å². The summed E-state index contributed by atoms with van der Waals surface area (Å²) in [5.41, 5.74) is 0.388. The molecule has 2 unspecified atom stereocenters. The van der Waals surface area contributed by atoms with E-state index < -0.39 is 0 Å². The minimum atomic E-state index is 0.388. The summed E-state index contributed by atoms with van der Waals surface area (Å²) in [4.78, 5) is 4.64. The Kier molecular flexibility index (Phi) is 3.29. The largest absolute Gasteiger partial charge is 0.362 e. The second kappa shape index (κ2) is 4.36. The third kappa shape index (κ3) is 3.13. The van der Waals surface area contributed by atoms with Crippen LogP contribution in [-0.2, 0) is 0 Å². The Morgan fingerprint density at radius 3 is 2.73 bits per heavy atom. The molecule has 3 heteroatoms. The van der Waals surface area contributed by atoms with Gasteiger partial charge < -0.3 is 5.32 Å². The lowest BCUT2D eigenvalue weighted by Crippen LogP contribution is -2.36. The topological polar surface area (TPSA) is 24.4 Å². The van der Waals surface area contributed by atoms with Gasteiger partial charge in [-0.25, -0.2) is 0 Å². The van der Waals surface area contributed by atoms with Gasteiger partial charge >= 0.3 is 0 Å². The van der Waals surface area contributed by atoms with Crippen LogP contribution in [0.25, 0.3) is 0 Å². The zero-order valence-electron chi connectivity index (χ0n) is 10.0. The molecule has 0 amide bonds. The number of aliphatic imine (C=N–C) groups is 1. The van der Waals surface area contributed by atoms with E-state index in [4.69, 9.17) is 0 Å². The summed E-state index contributed by atoms with van der Waals surface area (Å²) in [5, 5.41) is 4.79. The van der Waals surface area contributed by atoms with Gasteiger partial charge in [0.05, 0.1) is 0 Å². The van der Waals surface area contributed by atoms with Gasteiger partial charge in [-0.05, 0) is 30.6 Å². The smallest absolute Gasteiger partial charge is 0.156 e. The number of nitrogens with one attached hydrogen (secondary N) is 1. The van der Waals surface area contributed by atoms with Crippen LogP contribution in [0.4, 0.5) is 0 Å². The maximum Gasteiger partial charge on any atom is 0.156 e. The number of hydrogen-bond donors (Lipinski definition) is 1. The zero-order chi connectivity index (χ0) is 10.9. The summed E-state index contributed by atoms with van der Waals surface area (Å²) in [5.74, 6) is 2.09. The molecule has 1 fully saturated rings. The predicted molar refractivity (Wildman–Crippen MR) is 68.5 cm³/mol. The minimum absolute atomic E-state index is 0.388. The highest BCUT2D eigenvalue weighted by Crippen LogP contribution is 2.29. The lowest BCUT2D eigenvalue weighted by atomic mass is 9.97. The van der Waals surface area contributed by atoms with Gasteiger partial charge in [-0.1, -0.05) is 32.5 Å². The number of hydrogen-bond acceptors (Lipinski definition) is 3. The van der Waals surface area contributed by atoms with Crippen LogP contribution in [0.2, 0.25) is 0 Å². The Balaban J connectivity index is 1.83. The molecule has 1 aliphatic heterocycles. The molecular weight excluding hydrogens is 204 g/mol. The number of amidine groups is 1. The molecule has 0 bridgehead atoms. The molecule has 0 aromatic heterocycles. The van der Waals surface area contributed by atoms with E-state index in [0.717, 1.165) is 12.5 Å². The molecule has 2 nitrogen and oxygen atoms in total. The first kappa shape index (κ1) is 11.3.